The van der Waals surface area contributed by atoms with Crippen LogP contribution in [0, 0.1) is 0 Å². The van der Waals surface area contributed by atoms with Gasteiger partial charge in [0.25, 0.3) is 0 Å². The first kappa shape index (κ1) is 19.1. The molecule has 0 saturated heterocycles. The maximum absolute atomic E-state index is 12.9. The minimum Gasteiger partial charge on any atom is -0.490 e. The van der Waals surface area contributed by atoms with Crippen molar-refractivity contribution >= 4 is 33.5 Å². The van der Waals surface area contributed by atoms with Gasteiger partial charge >= 0.3 is 5.97 Å². The van der Waals surface area contributed by atoms with Gasteiger partial charge in [-0.25, -0.2) is 4.79 Å². The van der Waals surface area contributed by atoms with E-state index in [1.165, 1.54) is 6.07 Å². The Balaban J connectivity index is 1.50. The van der Waals surface area contributed by atoms with E-state index in [9.17, 15) is 14.4 Å². The van der Waals surface area contributed by atoms with Crippen molar-refractivity contribution in [2.45, 2.75) is 0 Å². The lowest BCUT2D eigenvalue weighted by atomic mass is 9.82. The van der Waals surface area contributed by atoms with Crippen molar-refractivity contribution in [2.24, 2.45) is 0 Å². The Morgan fingerprint density at radius 2 is 1.48 bits per heavy atom. The fourth-order valence-corrected chi connectivity index (χ4v) is 3.62. The molecule has 0 fully saturated rings. The summed E-state index contributed by atoms with van der Waals surface area (Å²) >= 11 is 3.36. The van der Waals surface area contributed by atoms with E-state index in [-0.39, 0.29) is 41.5 Å². The molecule has 3 aromatic carbocycles. The van der Waals surface area contributed by atoms with Crippen LogP contribution in [0.4, 0.5) is 0 Å². The monoisotopic (exact) mass is 450 g/mol. The Morgan fingerprint density at radius 3 is 2.24 bits per heavy atom. The molecule has 0 aliphatic heterocycles. The van der Waals surface area contributed by atoms with Crippen LogP contribution in [-0.4, -0.2) is 30.7 Å². The van der Waals surface area contributed by atoms with E-state index < -0.39 is 5.97 Å². The number of benzene rings is 3. The first-order valence-corrected chi connectivity index (χ1v) is 9.72. The molecule has 0 atom stereocenters. The van der Waals surface area contributed by atoms with Crippen molar-refractivity contribution < 1.29 is 23.9 Å². The molecular weight excluding hydrogens is 436 g/mol. The molecule has 0 bridgehead atoms. The number of ether oxygens (including phenoxy) is 2. The quantitative estimate of drug-likeness (QED) is 0.331. The molecule has 144 valence electrons. The van der Waals surface area contributed by atoms with Gasteiger partial charge in [0.2, 0.25) is 0 Å². The number of fused-ring (bicyclic) bond motifs is 2. The van der Waals surface area contributed by atoms with Crippen LogP contribution >= 0.6 is 15.9 Å². The molecule has 0 radical (unpaired) electrons. The van der Waals surface area contributed by atoms with Gasteiger partial charge in [-0.3, -0.25) is 9.59 Å². The third-order valence-electron chi connectivity index (χ3n) is 4.55. The van der Waals surface area contributed by atoms with E-state index in [4.69, 9.17) is 9.47 Å². The third kappa shape index (κ3) is 3.71. The average Bonchev–Trinajstić information content (AvgIpc) is 2.74. The molecule has 0 unspecified atom stereocenters. The molecule has 0 spiro atoms. The molecule has 3 aromatic rings. The van der Waals surface area contributed by atoms with Gasteiger partial charge in [0.1, 0.15) is 19.0 Å². The maximum atomic E-state index is 12.9. The predicted octanol–water partition coefficient (Wildman–Crippen LogP) is 4.46. The topological polar surface area (TPSA) is 69.7 Å². The lowest BCUT2D eigenvalue weighted by Gasteiger charge is -2.19. The maximum Gasteiger partial charge on any atom is 0.339 e. The molecule has 5 nitrogen and oxygen atoms in total. The molecule has 0 aromatic heterocycles. The Bertz CT molecular complexity index is 1140. The summed E-state index contributed by atoms with van der Waals surface area (Å²) in [5.41, 5.74) is 1.03. The van der Waals surface area contributed by atoms with Gasteiger partial charge < -0.3 is 9.47 Å². The summed E-state index contributed by atoms with van der Waals surface area (Å²) in [5, 5.41) is 0. The predicted molar refractivity (Wildman–Crippen MR) is 110 cm³/mol. The smallest absolute Gasteiger partial charge is 0.339 e. The number of ketones is 2. The number of hydrogen-bond donors (Lipinski definition) is 0. The Kier molecular flexibility index (Phi) is 5.27. The highest BCUT2D eigenvalue weighted by Gasteiger charge is 2.33. The molecule has 0 heterocycles. The minimum atomic E-state index is -0.666. The van der Waals surface area contributed by atoms with E-state index in [0.717, 1.165) is 4.47 Å². The molecule has 0 saturated carbocycles. The first-order valence-electron chi connectivity index (χ1n) is 8.93. The van der Waals surface area contributed by atoms with Crippen molar-refractivity contribution in [3.63, 3.8) is 0 Å². The van der Waals surface area contributed by atoms with E-state index in [1.54, 1.807) is 48.5 Å². The summed E-state index contributed by atoms with van der Waals surface area (Å²) in [7, 11) is 0. The summed E-state index contributed by atoms with van der Waals surface area (Å²) in [5.74, 6) is -0.652. The van der Waals surface area contributed by atoms with Gasteiger partial charge in [0, 0.05) is 26.7 Å². The molecule has 0 amide bonds. The second-order valence-corrected chi connectivity index (χ2v) is 7.29. The number of hydrogen-bond acceptors (Lipinski definition) is 5. The van der Waals surface area contributed by atoms with Crippen LogP contribution in [0.5, 0.6) is 5.75 Å². The van der Waals surface area contributed by atoms with Gasteiger partial charge in [-0.05, 0) is 24.3 Å². The highest BCUT2D eigenvalue weighted by atomic mass is 79.9. The van der Waals surface area contributed by atoms with Crippen LogP contribution in [-0.2, 0) is 4.74 Å². The number of carbonyl (C=O) groups is 3. The summed E-state index contributed by atoms with van der Waals surface area (Å²) in [4.78, 5) is 38.3. The van der Waals surface area contributed by atoms with Crippen LogP contribution in [0.15, 0.2) is 71.2 Å². The van der Waals surface area contributed by atoms with Gasteiger partial charge in [0.15, 0.2) is 11.6 Å². The molecule has 4 rings (SSSR count). The van der Waals surface area contributed by atoms with Crippen LogP contribution in [0.2, 0.25) is 0 Å². The van der Waals surface area contributed by atoms with Crippen molar-refractivity contribution in [2.75, 3.05) is 13.2 Å². The fourth-order valence-electron chi connectivity index (χ4n) is 3.24. The second-order valence-electron chi connectivity index (χ2n) is 6.37. The van der Waals surface area contributed by atoms with Gasteiger partial charge in [0.05, 0.1) is 5.56 Å². The molecular formula is C23H15BrO5. The summed E-state index contributed by atoms with van der Waals surface area (Å²) < 4.78 is 11.7. The lowest BCUT2D eigenvalue weighted by molar-refractivity contribution is 0.0448. The number of carbonyl (C=O) groups excluding carboxylic acids is 3. The molecule has 1 aliphatic carbocycles. The van der Waals surface area contributed by atoms with Crippen molar-refractivity contribution in [1.29, 1.82) is 0 Å². The minimum absolute atomic E-state index is 0.00768. The first-order chi connectivity index (χ1) is 14.1. The summed E-state index contributed by atoms with van der Waals surface area (Å²) in [6, 6.07) is 18.5. The van der Waals surface area contributed by atoms with Crippen molar-refractivity contribution in [3.8, 4) is 5.75 Å². The number of esters is 1. The van der Waals surface area contributed by atoms with Gasteiger partial charge in [-0.15, -0.1) is 0 Å². The van der Waals surface area contributed by atoms with E-state index >= 15 is 0 Å². The normalized spacial score (nSPS) is 12.2. The molecule has 6 heteroatoms. The average molecular weight is 451 g/mol. The van der Waals surface area contributed by atoms with E-state index in [1.807, 2.05) is 12.1 Å². The van der Waals surface area contributed by atoms with Crippen molar-refractivity contribution in [3.05, 3.63) is 99.0 Å². The summed E-state index contributed by atoms with van der Waals surface area (Å²) in [6.45, 7) is 0.167. The van der Waals surface area contributed by atoms with Crippen LogP contribution in [0.1, 0.15) is 42.2 Å². The van der Waals surface area contributed by atoms with Gasteiger partial charge in [-0.1, -0.05) is 58.4 Å². The van der Waals surface area contributed by atoms with Crippen LogP contribution in [0.25, 0.3) is 0 Å². The molecule has 0 N–H and O–H groups in total. The third-order valence-corrected chi connectivity index (χ3v) is 5.05. The van der Waals surface area contributed by atoms with Gasteiger partial charge in [-0.2, -0.15) is 0 Å². The zero-order chi connectivity index (χ0) is 20.4. The SMILES string of the molecule is O=C(OCCOc1cccc(Br)c1)c1cccc2c1C(=O)c1ccccc1C2=O. The van der Waals surface area contributed by atoms with E-state index in [0.29, 0.717) is 16.9 Å². The Morgan fingerprint density at radius 1 is 0.793 bits per heavy atom. The number of rotatable bonds is 5. The molecule has 29 heavy (non-hydrogen) atoms. The highest BCUT2D eigenvalue weighted by molar-refractivity contribution is 9.10. The molecule has 1 aliphatic rings. The Hall–Kier alpha value is -3.25. The highest BCUT2D eigenvalue weighted by Crippen LogP contribution is 2.29. The standard InChI is InChI=1S/C23H15BrO5/c24-14-5-3-6-15(13-14)28-11-12-29-23(27)19-10-4-9-18-20(19)22(26)17-8-2-1-7-16(17)21(18)25/h1-10,13H,11-12H2. The summed E-state index contributed by atoms with van der Waals surface area (Å²) in [6.07, 6.45) is 0. The zero-order valence-electron chi connectivity index (χ0n) is 15.2. The second kappa shape index (κ2) is 8.01. The largest absolute Gasteiger partial charge is 0.490 e. The van der Waals surface area contributed by atoms with Crippen LogP contribution < -0.4 is 4.74 Å². The number of halogens is 1. The Labute approximate surface area is 175 Å². The van der Waals surface area contributed by atoms with Crippen molar-refractivity contribution in [1.82, 2.24) is 0 Å². The fraction of sp³-hybridized carbons (Fsp3) is 0.0870. The lowest BCUT2D eigenvalue weighted by Crippen LogP contribution is -2.24. The van der Waals surface area contributed by atoms with E-state index in [2.05, 4.69) is 15.9 Å². The zero-order valence-corrected chi connectivity index (χ0v) is 16.8. The van der Waals surface area contributed by atoms with Crippen LogP contribution in [0.3, 0.4) is 0 Å².